The summed E-state index contributed by atoms with van der Waals surface area (Å²) in [4.78, 5) is 26.5. The Balaban J connectivity index is 1.36. The van der Waals surface area contributed by atoms with Gasteiger partial charge < -0.3 is 14.6 Å². The average molecular weight is 562 g/mol. The Morgan fingerprint density at radius 1 is 0.780 bits per heavy atom. The Hall–Kier alpha value is -3.55. The normalized spacial score (nSPS) is 16.2. The zero-order valence-electron chi connectivity index (χ0n) is 24.6. The summed E-state index contributed by atoms with van der Waals surface area (Å²) < 4.78 is 25.1. The summed E-state index contributed by atoms with van der Waals surface area (Å²) in [5, 5.41) is 10.1. The molecule has 1 aliphatic heterocycles. The van der Waals surface area contributed by atoms with Crippen molar-refractivity contribution in [2.24, 2.45) is 0 Å². The molecule has 41 heavy (non-hydrogen) atoms. The van der Waals surface area contributed by atoms with Crippen LogP contribution in [0.5, 0.6) is 0 Å². The van der Waals surface area contributed by atoms with E-state index in [1.807, 2.05) is 58.9 Å². The number of aryl methyl sites for hydroxylation is 3. The Morgan fingerprint density at radius 3 is 1.63 bits per heavy atom. The minimum Gasteiger partial charge on any atom is -0.465 e. The van der Waals surface area contributed by atoms with Crippen molar-refractivity contribution < 1.29 is 28.6 Å². The van der Waals surface area contributed by atoms with Gasteiger partial charge in [-0.2, -0.15) is 0 Å². The summed E-state index contributed by atoms with van der Waals surface area (Å²) in [5.41, 5.74) is 3.09. The third kappa shape index (κ3) is 7.60. The highest BCUT2D eigenvalue weighted by Gasteiger charge is 2.50. The van der Waals surface area contributed by atoms with Crippen LogP contribution in [0.15, 0.2) is 72.8 Å². The predicted octanol–water partition coefficient (Wildman–Crippen LogP) is 7.07. The van der Waals surface area contributed by atoms with Crippen molar-refractivity contribution in [1.82, 2.24) is 4.90 Å². The lowest BCUT2D eigenvalue weighted by molar-refractivity contribution is -0.289. The van der Waals surface area contributed by atoms with E-state index in [9.17, 15) is 19.1 Å². The lowest BCUT2D eigenvalue weighted by Crippen LogP contribution is -2.67. The van der Waals surface area contributed by atoms with Crippen LogP contribution in [0.4, 0.5) is 9.18 Å². The largest absolute Gasteiger partial charge is 0.465 e. The Bertz CT molecular complexity index is 1330. The number of ketones is 1. The van der Waals surface area contributed by atoms with Gasteiger partial charge in [0.2, 0.25) is 0 Å². The van der Waals surface area contributed by atoms with Crippen LogP contribution >= 0.6 is 0 Å². The van der Waals surface area contributed by atoms with Gasteiger partial charge in [0.05, 0.1) is 18.8 Å². The third-order valence-electron chi connectivity index (χ3n) is 7.64. The average Bonchev–Trinajstić information content (AvgIpc) is 2.92. The molecule has 0 atom stereocenters. The predicted molar refractivity (Wildman–Crippen MR) is 157 cm³/mol. The van der Waals surface area contributed by atoms with E-state index in [1.54, 1.807) is 0 Å². The minimum absolute atomic E-state index is 0.127. The van der Waals surface area contributed by atoms with Crippen LogP contribution < -0.4 is 0 Å². The van der Waals surface area contributed by atoms with E-state index in [0.29, 0.717) is 24.0 Å². The van der Waals surface area contributed by atoms with Crippen LogP contribution in [0.25, 0.3) is 0 Å². The fraction of sp³-hybridized carbons (Fsp3) is 0.412. The molecule has 0 aliphatic carbocycles. The van der Waals surface area contributed by atoms with E-state index in [1.165, 1.54) is 34.7 Å². The quantitative estimate of drug-likeness (QED) is 0.283. The molecule has 1 heterocycles. The Morgan fingerprint density at radius 2 is 1.20 bits per heavy atom. The summed E-state index contributed by atoms with van der Waals surface area (Å²) in [6, 6.07) is 21.6. The maximum atomic E-state index is 13.2. The number of carbonyl (C=O) groups is 2. The summed E-state index contributed by atoms with van der Waals surface area (Å²) >= 11 is 0. The van der Waals surface area contributed by atoms with Crippen LogP contribution in [-0.2, 0) is 28.7 Å². The van der Waals surface area contributed by atoms with Gasteiger partial charge in [-0.1, -0.05) is 48.5 Å². The number of hydrogen-bond acceptors (Lipinski definition) is 4. The summed E-state index contributed by atoms with van der Waals surface area (Å²) in [7, 11) is 0. The second-order valence-electron chi connectivity index (χ2n) is 12.3. The van der Waals surface area contributed by atoms with E-state index in [2.05, 4.69) is 24.3 Å². The number of carbonyl (C=O) groups excluding carboxylic acids is 1. The molecule has 3 aromatic carbocycles. The van der Waals surface area contributed by atoms with Crippen LogP contribution in [0.1, 0.15) is 73.7 Å². The van der Waals surface area contributed by atoms with E-state index in [4.69, 9.17) is 9.47 Å². The van der Waals surface area contributed by atoms with Crippen LogP contribution in [0, 0.1) is 5.82 Å². The first-order valence-corrected chi connectivity index (χ1v) is 14.1. The van der Waals surface area contributed by atoms with Crippen molar-refractivity contribution in [2.45, 2.75) is 77.2 Å². The molecule has 0 spiro atoms. The number of benzene rings is 3. The third-order valence-corrected chi connectivity index (χ3v) is 7.64. The van der Waals surface area contributed by atoms with Gasteiger partial charge in [0, 0.05) is 16.7 Å². The number of nitrogens with zero attached hydrogens (tertiary/aromatic N) is 1. The zero-order valence-corrected chi connectivity index (χ0v) is 24.6. The molecule has 0 saturated carbocycles. The molecule has 1 aliphatic rings. The monoisotopic (exact) mass is 561 g/mol. The fourth-order valence-corrected chi connectivity index (χ4v) is 5.42. The molecule has 0 unspecified atom stereocenters. The lowest BCUT2D eigenvalue weighted by atomic mass is 9.86. The molecule has 0 bridgehead atoms. The van der Waals surface area contributed by atoms with E-state index < -0.39 is 23.0 Å². The molecular formula is C34H40FNO5. The maximum Gasteiger partial charge on any atom is 0.408 e. The van der Waals surface area contributed by atoms with Gasteiger partial charge in [0.15, 0.2) is 11.6 Å². The van der Waals surface area contributed by atoms with Gasteiger partial charge in [-0.05, 0) is 101 Å². The van der Waals surface area contributed by atoms with Gasteiger partial charge in [-0.25, -0.2) is 9.18 Å². The van der Waals surface area contributed by atoms with Crippen molar-refractivity contribution in [2.75, 3.05) is 13.2 Å². The first-order chi connectivity index (χ1) is 19.3. The first kappa shape index (κ1) is 30.4. The molecule has 4 rings (SSSR count). The number of halogens is 1. The molecule has 6 nitrogen and oxygen atoms in total. The number of carboxylic acid groups (broad SMARTS) is 1. The second kappa shape index (κ2) is 12.1. The Kier molecular flexibility index (Phi) is 9.00. The van der Waals surface area contributed by atoms with Crippen LogP contribution in [0.3, 0.4) is 0 Å². The molecule has 1 fully saturated rings. The number of rotatable bonds is 9. The van der Waals surface area contributed by atoms with Gasteiger partial charge >= 0.3 is 6.09 Å². The van der Waals surface area contributed by atoms with Crippen molar-refractivity contribution in [3.8, 4) is 0 Å². The van der Waals surface area contributed by atoms with Crippen molar-refractivity contribution >= 4 is 11.9 Å². The molecule has 0 aromatic heterocycles. The van der Waals surface area contributed by atoms with E-state index >= 15 is 0 Å². The summed E-state index contributed by atoms with van der Waals surface area (Å²) in [6.45, 7) is 9.93. The molecule has 218 valence electrons. The zero-order chi connectivity index (χ0) is 29.8. The molecule has 0 radical (unpaired) electrons. The highest BCUT2D eigenvalue weighted by Crippen LogP contribution is 2.36. The van der Waals surface area contributed by atoms with Crippen molar-refractivity contribution in [3.63, 3.8) is 0 Å². The van der Waals surface area contributed by atoms with Crippen molar-refractivity contribution in [1.29, 1.82) is 0 Å². The van der Waals surface area contributed by atoms with E-state index in [0.717, 1.165) is 24.0 Å². The smallest absolute Gasteiger partial charge is 0.408 e. The molecular weight excluding hydrogens is 521 g/mol. The van der Waals surface area contributed by atoms with Gasteiger partial charge in [-0.3, -0.25) is 9.69 Å². The van der Waals surface area contributed by atoms with Gasteiger partial charge in [-0.15, -0.1) is 0 Å². The second-order valence-corrected chi connectivity index (χ2v) is 12.3. The Labute approximate surface area is 242 Å². The van der Waals surface area contributed by atoms with E-state index in [-0.39, 0.29) is 24.8 Å². The van der Waals surface area contributed by atoms with Gasteiger partial charge in [0.25, 0.3) is 0 Å². The molecule has 3 aromatic rings. The minimum atomic E-state index is -0.979. The molecule has 1 amide bonds. The van der Waals surface area contributed by atoms with Crippen LogP contribution in [0.2, 0.25) is 0 Å². The van der Waals surface area contributed by atoms with Gasteiger partial charge in [0.1, 0.15) is 5.82 Å². The topological polar surface area (TPSA) is 76.1 Å². The SMILES string of the molecule is CC1(C)OCC(CCc2ccc(CCc3ccc(C(=O)c4ccc(F)cc4)cc3)cc2)(N(C(=O)O)C(C)(C)C)CO1. The summed E-state index contributed by atoms with van der Waals surface area (Å²) in [6.07, 6.45) is 1.97. The van der Waals surface area contributed by atoms with Crippen LogP contribution in [-0.4, -0.2) is 52.0 Å². The van der Waals surface area contributed by atoms with Crippen molar-refractivity contribution in [3.05, 3.63) is 106 Å². The standard InChI is InChI=1S/C34H40FNO5/c1-32(2,3)36(31(38)39)34(22-40-33(4,5)41-23-34)21-20-26-10-8-24(9-11-26)6-7-25-12-14-27(15-13-25)30(37)28-16-18-29(35)19-17-28/h8-19H,6-7,20-23H2,1-5H3,(H,38,39). The first-order valence-electron chi connectivity index (χ1n) is 14.1. The maximum absolute atomic E-state index is 13.2. The molecule has 1 saturated heterocycles. The fourth-order valence-electron chi connectivity index (χ4n) is 5.42. The number of amides is 1. The highest BCUT2D eigenvalue weighted by molar-refractivity contribution is 6.08. The number of ether oxygens (including phenoxy) is 2. The highest BCUT2D eigenvalue weighted by atomic mass is 19.1. The molecule has 7 heteroatoms. The molecule has 1 N–H and O–H groups in total. The number of hydrogen-bond donors (Lipinski definition) is 1. The summed E-state index contributed by atoms with van der Waals surface area (Å²) in [5.74, 6) is -1.24. The lowest BCUT2D eigenvalue weighted by Gasteiger charge is -2.53.